The normalized spacial score (nSPS) is 9.69. The maximum atomic E-state index is 11.1. The minimum atomic E-state index is -0.905. The highest BCUT2D eigenvalue weighted by Crippen LogP contribution is 2.22. The minimum Gasteiger partial charge on any atom is -0.375 e. The van der Waals surface area contributed by atoms with Crippen molar-refractivity contribution < 1.29 is 14.3 Å². The lowest BCUT2D eigenvalue weighted by Gasteiger charge is -2.05. The molecule has 0 spiro atoms. The smallest absolute Gasteiger partial charge is 0.375 e. The summed E-state index contributed by atoms with van der Waals surface area (Å²) in [4.78, 5) is 21.9. The summed E-state index contributed by atoms with van der Waals surface area (Å²) >= 11 is 15.1. The molecule has 1 rings (SSSR count). The van der Waals surface area contributed by atoms with Crippen LogP contribution in [0.4, 0.5) is 10.5 Å². The van der Waals surface area contributed by atoms with Gasteiger partial charge in [0.15, 0.2) is 0 Å². The average molecular weight is 280 g/mol. The molecule has 0 aliphatic rings. The Hall–Kier alpha value is -0.910. The Bertz CT molecular complexity index is 405. The van der Waals surface area contributed by atoms with Crippen LogP contribution in [0.1, 0.15) is 0 Å². The van der Waals surface area contributed by atoms with Crippen molar-refractivity contribution in [1.29, 1.82) is 0 Å². The molecule has 1 amide bonds. The number of amides is 1. The van der Waals surface area contributed by atoms with Crippen LogP contribution in [0, 0.1) is 0 Å². The van der Waals surface area contributed by atoms with Crippen molar-refractivity contribution in [1.82, 2.24) is 0 Å². The second-order valence-corrected chi connectivity index (χ2v) is 3.89. The van der Waals surface area contributed by atoms with Gasteiger partial charge in [-0.1, -0.05) is 23.2 Å². The highest BCUT2D eigenvalue weighted by molar-refractivity contribution is 7.81. The van der Waals surface area contributed by atoms with Gasteiger partial charge in [0.1, 0.15) is 0 Å². The monoisotopic (exact) mass is 279 g/mol. The van der Waals surface area contributed by atoms with Gasteiger partial charge in [-0.25, -0.2) is 4.79 Å². The molecule has 7 heteroatoms. The maximum absolute atomic E-state index is 11.1. The fraction of sp³-hybridized carbons (Fsp3) is 0.111. The third-order valence-electron chi connectivity index (χ3n) is 1.44. The first-order valence-electron chi connectivity index (χ1n) is 4.10. The number of esters is 1. The Morgan fingerprint density at radius 2 is 1.81 bits per heavy atom. The van der Waals surface area contributed by atoms with Gasteiger partial charge in [0.2, 0.25) is 0 Å². The van der Waals surface area contributed by atoms with Gasteiger partial charge in [0.25, 0.3) is 0 Å². The summed E-state index contributed by atoms with van der Waals surface area (Å²) in [6.45, 7) is 0. The molecule has 0 unspecified atom stereocenters. The van der Waals surface area contributed by atoms with Crippen LogP contribution in [0.3, 0.4) is 0 Å². The van der Waals surface area contributed by atoms with Gasteiger partial charge >= 0.3 is 12.1 Å². The van der Waals surface area contributed by atoms with Crippen molar-refractivity contribution in [2.75, 3.05) is 11.1 Å². The molecule has 16 heavy (non-hydrogen) atoms. The third kappa shape index (κ3) is 4.30. The molecule has 0 saturated heterocycles. The second-order valence-electron chi connectivity index (χ2n) is 2.70. The van der Waals surface area contributed by atoms with E-state index in [0.717, 1.165) is 0 Å². The number of carbonyl (C=O) groups is 2. The Morgan fingerprint density at radius 3 is 2.31 bits per heavy atom. The van der Waals surface area contributed by atoms with Crippen LogP contribution in [0.2, 0.25) is 10.0 Å². The zero-order valence-electron chi connectivity index (χ0n) is 7.87. The number of hydrogen-bond acceptors (Lipinski definition) is 4. The van der Waals surface area contributed by atoms with E-state index in [0.29, 0.717) is 15.7 Å². The first-order valence-corrected chi connectivity index (χ1v) is 5.48. The van der Waals surface area contributed by atoms with Crippen molar-refractivity contribution in [2.45, 2.75) is 0 Å². The molecule has 0 fully saturated rings. The average Bonchev–Trinajstić information content (AvgIpc) is 2.15. The zero-order valence-corrected chi connectivity index (χ0v) is 10.3. The summed E-state index contributed by atoms with van der Waals surface area (Å²) in [5.41, 5.74) is 0.342. The second kappa shape index (κ2) is 5.98. The number of halogens is 2. The van der Waals surface area contributed by atoms with Gasteiger partial charge in [-0.05, 0) is 18.2 Å². The van der Waals surface area contributed by atoms with E-state index in [1.807, 2.05) is 0 Å². The number of hydrogen-bond donors (Lipinski definition) is 2. The fourth-order valence-electron chi connectivity index (χ4n) is 0.905. The van der Waals surface area contributed by atoms with Crippen molar-refractivity contribution in [3.63, 3.8) is 0 Å². The van der Waals surface area contributed by atoms with E-state index in [1.165, 1.54) is 18.2 Å². The van der Waals surface area contributed by atoms with Gasteiger partial charge in [-0.2, -0.15) is 12.6 Å². The highest BCUT2D eigenvalue weighted by Gasteiger charge is 2.09. The van der Waals surface area contributed by atoms with Crippen LogP contribution in [-0.4, -0.2) is 17.8 Å². The number of thiol groups is 1. The van der Waals surface area contributed by atoms with Crippen molar-refractivity contribution in [3.8, 4) is 0 Å². The Morgan fingerprint density at radius 1 is 1.25 bits per heavy atom. The van der Waals surface area contributed by atoms with E-state index in [4.69, 9.17) is 23.2 Å². The van der Waals surface area contributed by atoms with Crippen LogP contribution in [0.15, 0.2) is 18.2 Å². The summed E-state index contributed by atoms with van der Waals surface area (Å²) < 4.78 is 4.33. The molecule has 0 radical (unpaired) electrons. The number of nitrogens with one attached hydrogen (secondary N) is 1. The maximum Gasteiger partial charge on any atom is 0.419 e. The van der Waals surface area contributed by atoms with Gasteiger partial charge in [0, 0.05) is 15.7 Å². The minimum absolute atomic E-state index is 0.177. The van der Waals surface area contributed by atoms with Crippen LogP contribution in [-0.2, 0) is 9.53 Å². The molecule has 4 nitrogen and oxygen atoms in total. The van der Waals surface area contributed by atoms with Gasteiger partial charge in [-0.15, -0.1) is 0 Å². The summed E-state index contributed by atoms with van der Waals surface area (Å²) in [5.74, 6) is -0.919. The van der Waals surface area contributed by atoms with Crippen molar-refractivity contribution >= 4 is 53.6 Å². The Kier molecular flexibility index (Phi) is 4.92. The standard InChI is InChI=1S/C9H7Cl2NO3S/c10-5-1-6(11)3-7(2-5)12-9(14)15-8(13)4-16/h1-3,16H,4H2,(H,12,14). The van der Waals surface area contributed by atoms with E-state index in [2.05, 4.69) is 22.7 Å². The summed E-state index contributed by atoms with van der Waals surface area (Å²) in [7, 11) is 0. The fourth-order valence-corrected chi connectivity index (χ4v) is 1.50. The van der Waals surface area contributed by atoms with E-state index >= 15 is 0 Å². The van der Waals surface area contributed by atoms with Crippen LogP contribution >= 0.6 is 35.8 Å². The number of rotatable bonds is 2. The van der Waals surface area contributed by atoms with E-state index < -0.39 is 12.1 Å². The first kappa shape index (κ1) is 13.2. The molecule has 0 saturated carbocycles. The van der Waals surface area contributed by atoms with Crippen LogP contribution in [0.25, 0.3) is 0 Å². The number of carbonyl (C=O) groups excluding carboxylic acids is 2. The molecular weight excluding hydrogens is 273 g/mol. The van der Waals surface area contributed by atoms with Gasteiger partial charge in [-0.3, -0.25) is 10.1 Å². The van der Waals surface area contributed by atoms with E-state index in [9.17, 15) is 9.59 Å². The zero-order chi connectivity index (χ0) is 12.1. The Balaban J connectivity index is 2.66. The quantitative estimate of drug-likeness (QED) is 0.497. The third-order valence-corrected chi connectivity index (χ3v) is 2.14. The molecular formula is C9H7Cl2NO3S. The molecule has 1 aromatic rings. The molecule has 0 atom stereocenters. The first-order chi connectivity index (χ1) is 7.51. The summed E-state index contributed by atoms with van der Waals surface area (Å²) in [6.07, 6.45) is -0.905. The molecule has 86 valence electrons. The molecule has 0 heterocycles. The molecule has 0 aromatic heterocycles. The molecule has 0 bridgehead atoms. The topological polar surface area (TPSA) is 55.4 Å². The van der Waals surface area contributed by atoms with Crippen LogP contribution in [0.5, 0.6) is 0 Å². The largest absolute Gasteiger partial charge is 0.419 e. The van der Waals surface area contributed by atoms with Crippen LogP contribution < -0.4 is 5.32 Å². The highest BCUT2D eigenvalue weighted by atomic mass is 35.5. The number of benzene rings is 1. The predicted octanol–water partition coefficient (Wildman–Crippen LogP) is 3.00. The van der Waals surface area contributed by atoms with E-state index in [-0.39, 0.29) is 5.75 Å². The molecule has 0 aliphatic heterocycles. The molecule has 1 aromatic carbocycles. The van der Waals surface area contributed by atoms with Crippen molar-refractivity contribution in [3.05, 3.63) is 28.2 Å². The van der Waals surface area contributed by atoms with Crippen molar-refractivity contribution in [2.24, 2.45) is 0 Å². The number of anilines is 1. The van der Waals surface area contributed by atoms with Gasteiger partial charge in [0.05, 0.1) is 5.75 Å². The summed E-state index contributed by atoms with van der Waals surface area (Å²) in [6, 6.07) is 4.46. The lowest BCUT2D eigenvalue weighted by atomic mass is 10.3. The SMILES string of the molecule is O=C(CS)OC(=O)Nc1cc(Cl)cc(Cl)c1. The Labute approximate surface area is 107 Å². The molecule has 0 aliphatic carbocycles. The lowest BCUT2D eigenvalue weighted by Crippen LogP contribution is -2.19. The summed E-state index contributed by atoms with van der Waals surface area (Å²) in [5, 5.41) is 3.03. The predicted molar refractivity (Wildman–Crippen MR) is 65.4 cm³/mol. The van der Waals surface area contributed by atoms with E-state index in [1.54, 1.807) is 0 Å². The van der Waals surface area contributed by atoms with Gasteiger partial charge < -0.3 is 4.74 Å². The molecule has 1 N–H and O–H groups in total. The lowest BCUT2D eigenvalue weighted by molar-refractivity contribution is -0.133. The number of ether oxygens (including phenoxy) is 1.